The molecule has 1 heterocycles. The van der Waals surface area contributed by atoms with E-state index in [4.69, 9.17) is 11.6 Å². The predicted molar refractivity (Wildman–Crippen MR) is 106 cm³/mol. The highest BCUT2D eigenvalue weighted by atomic mass is 35.5. The van der Waals surface area contributed by atoms with Crippen LogP contribution in [-0.4, -0.2) is 9.55 Å². The van der Waals surface area contributed by atoms with Crippen LogP contribution in [0.25, 0.3) is 16.6 Å². The average molecular weight is 362 g/mol. The summed E-state index contributed by atoms with van der Waals surface area (Å²) < 4.78 is 1.58. The molecule has 128 valence electrons. The molecule has 0 aliphatic rings. The molecule has 0 unspecified atom stereocenters. The molecule has 1 N–H and O–H groups in total. The third kappa shape index (κ3) is 3.19. The molecule has 1 aromatic heterocycles. The van der Waals surface area contributed by atoms with Crippen LogP contribution in [0.2, 0.25) is 5.02 Å². The van der Waals surface area contributed by atoms with Gasteiger partial charge in [-0.2, -0.15) is 0 Å². The minimum atomic E-state index is -0.117. The summed E-state index contributed by atoms with van der Waals surface area (Å²) in [5, 5.41) is 4.49. The Morgan fingerprint density at radius 1 is 0.885 bits per heavy atom. The topological polar surface area (TPSA) is 46.9 Å². The van der Waals surface area contributed by atoms with Gasteiger partial charge in [-0.25, -0.2) is 9.55 Å². The van der Waals surface area contributed by atoms with Gasteiger partial charge >= 0.3 is 0 Å². The third-order valence-corrected chi connectivity index (χ3v) is 4.41. The molecular formula is C21H16ClN3O. The molecule has 0 amide bonds. The molecule has 4 rings (SSSR count). The van der Waals surface area contributed by atoms with Gasteiger partial charge in [0, 0.05) is 11.6 Å². The molecule has 4 aromatic rings. The van der Waals surface area contributed by atoms with Crippen molar-refractivity contribution in [3.63, 3.8) is 0 Å². The molecule has 3 aromatic carbocycles. The van der Waals surface area contributed by atoms with Gasteiger partial charge in [-0.05, 0) is 42.0 Å². The van der Waals surface area contributed by atoms with Crippen molar-refractivity contribution in [2.75, 3.05) is 5.32 Å². The molecule has 0 aliphatic carbocycles. The van der Waals surface area contributed by atoms with Gasteiger partial charge < -0.3 is 5.32 Å². The summed E-state index contributed by atoms with van der Waals surface area (Å²) in [6.45, 7) is 0.569. The normalized spacial score (nSPS) is 10.8. The van der Waals surface area contributed by atoms with Crippen molar-refractivity contribution in [2.45, 2.75) is 6.54 Å². The lowest BCUT2D eigenvalue weighted by molar-refractivity contribution is 0.938. The number of fused-ring (bicyclic) bond motifs is 1. The summed E-state index contributed by atoms with van der Waals surface area (Å²) in [4.78, 5) is 17.8. The Labute approximate surface area is 155 Å². The number of para-hydroxylation sites is 1. The highest BCUT2D eigenvalue weighted by Crippen LogP contribution is 2.19. The van der Waals surface area contributed by atoms with E-state index in [-0.39, 0.29) is 5.56 Å². The highest BCUT2D eigenvalue weighted by Gasteiger charge is 2.12. The van der Waals surface area contributed by atoms with Crippen LogP contribution in [0.3, 0.4) is 0 Å². The van der Waals surface area contributed by atoms with Crippen LogP contribution >= 0.6 is 11.6 Å². The van der Waals surface area contributed by atoms with Gasteiger partial charge in [-0.1, -0.05) is 54.1 Å². The van der Waals surface area contributed by atoms with E-state index < -0.39 is 0 Å². The van der Waals surface area contributed by atoms with Crippen molar-refractivity contribution in [2.24, 2.45) is 0 Å². The summed E-state index contributed by atoms with van der Waals surface area (Å²) in [6, 6.07) is 24.5. The number of hydrogen-bond donors (Lipinski definition) is 1. The summed E-state index contributed by atoms with van der Waals surface area (Å²) in [5.41, 5.74) is 2.37. The van der Waals surface area contributed by atoms with Crippen molar-refractivity contribution < 1.29 is 0 Å². The van der Waals surface area contributed by atoms with Gasteiger partial charge in [0.1, 0.15) is 0 Å². The second kappa shape index (κ2) is 7.02. The zero-order valence-corrected chi connectivity index (χ0v) is 14.6. The largest absolute Gasteiger partial charge is 0.351 e. The van der Waals surface area contributed by atoms with E-state index in [2.05, 4.69) is 10.3 Å². The van der Waals surface area contributed by atoms with E-state index >= 15 is 0 Å². The van der Waals surface area contributed by atoms with Crippen LogP contribution in [0.5, 0.6) is 0 Å². The third-order valence-electron chi connectivity index (χ3n) is 4.15. The smallest absolute Gasteiger partial charge is 0.267 e. The maximum atomic E-state index is 13.1. The van der Waals surface area contributed by atoms with Crippen LogP contribution in [0.1, 0.15) is 5.56 Å². The highest BCUT2D eigenvalue weighted by molar-refractivity contribution is 6.30. The van der Waals surface area contributed by atoms with Gasteiger partial charge in [0.05, 0.1) is 16.6 Å². The summed E-state index contributed by atoms with van der Waals surface area (Å²) >= 11 is 6.00. The molecule has 5 heteroatoms. The number of rotatable bonds is 4. The van der Waals surface area contributed by atoms with Crippen molar-refractivity contribution in [1.29, 1.82) is 0 Å². The summed E-state index contributed by atoms with van der Waals surface area (Å²) in [7, 11) is 0. The van der Waals surface area contributed by atoms with Crippen molar-refractivity contribution in [3.05, 3.63) is 99.8 Å². The van der Waals surface area contributed by atoms with Crippen LogP contribution < -0.4 is 10.9 Å². The summed E-state index contributed by atoms with van der Waals surface area (Å²) in [6.07, 6.45) is 0. The standard InChI is InChI=1S/C21H16ClN3O/c22-16-10-12-17(13-11-16)25-20(26)18-8-4-5-9-19(18)24-21(25)23-14-15-6-2-1-3-7-15/h1-13H,14H2,(H,23,24). The van der Waals surface area contributed by atoms with Crippen LogP contribution in [0.15, 0.2) is 83.7 Å². The molecule has 0 saturated heterocycles. The van der Waals surface area contributed by atoms with E-state index in [0.29, 0.717) is 34.1 Å². The molecule has 0 fully saturated rings. The maximum absolute atomic E-state index is 13.1. The second-order valence-corrected chi connectivity index (χ2v) is 6.35. The number of benzene rings is 3. The molecule has 0 bridgehead atoms. The predicted octanol–water partition coefficient (Wildman–Crippen LogP) is 4.65. The van der Waals surface area contributed by atoms with Gasteiger partial charge in [-0.15, -0.1) is 0 Å². The fourth-order valence-corrected chi connectivity index (χ4v) is 2.98. The molecule has 26 heavy (non-hydrogen) atoms. The lowest BCUT2D eigenvalue weighted by Crippen LogP contribution is -2.23. The van der Waals surface area contributed by atoms with E-state index in [0.717, 1.165) is 5.56 Å². The lowest BCUT2D eigenvalue weighted by Gasteiger charge is -2.15. The van der Waals surface area contributed by atoms with Gasteiger partial charge in [0.2, 0.25) is 5.95 Å². The Morgan fingerprint density at radius 2 is 1.58 bits per heavy atom. The molecule has 4 nitrogen and oxygen atoms in total. The van der Waals surface area contributed by atoms with E-state index in [1.807, 2.05) is 60.7 Å². The number of nitrogens with zero attached hydrogens (tertiary/aromatic N) is 2. The first kappa shape index (κ1) is 16.4. The zero-order valence-electron chi connectivity index (χ0n) is 13.9. The summed E-state index contributed by atoms with van der Waals surface area (Å²) in [5.74, 6) is 0.500. The number of aromatic nitrogens is 2. The maximum Gasteiger partial charge on any atom is 0.267 e. The van der Waals surface area contributed by atoms with E-state index in [1.54, 1.807) is 22.8 Å². The van der Waals surface area contributed by atoms with Gasteiger partial charge in [0.25, 0.3) is 5.56 Å². The minimum absolute atomic E-state index is 0.117. The number of nitrogens with one attached hydrogen (secondary N) is 1. The first-order chi connectivity index (χ1) is 12.7. The lowest BCUT2D eigenvalue weighted by atomic mass is 10.2. The fraction of sp³-hybridized carbons (Fsp3) is 0.0476. The Balaban J connectivity index is 1.85. The molecule has 0 saturated carbocycles. The molecule has 0 spiro atoms. The quantitative estimate of drug-likeness (QED) is 0.575. The van der Waals surface area contributed by atoms with E-state index in [9.17, 15) is 4.79 Å². The Morgan fingerprint density at radius 3 is 2.35 bits per heavy atom. The first-order valence-electron chi connectivity index (χ1n) is 8.28. The van der Waals surface area contributed by atoms with Crippen LogP contribution in [0.4, 0.5) is 5.95 Å². The monoisotopic (exact) mass is 361 g/mol. The molecule has 0 aliphatic heterocycles. The number of anilines is 1. The molecule has 0 atom stereocenters. The van der Waals surface area contributed by atoms with Crippen molar-refractivity contribution in [1.82, 2.24) is 9.55 Å². The number of hydrogen-bond acceptors (Lipinski definition) is 3. The molecule has 0 radical (unpaired) electrons. The van der Waals surface area contributed by atoms with Crippen LogP contribution in [0, 0.1) is 0 Å². The number of halogens is 1. The Bertz CT molecular complexity index is 1110. The van der Waals surface area contributed by atoms with Gasteiger partial charge in [-0.3, -0.25) is 4.79 Å². The average Bonchev–Trinajstić information content (AvgIpc) is 2.68. The van der Waals surface area contributed by atoms with Crippen LogP contribution in [-0.2, 0) is 6.54 Å². The first-order valence-corrected chi connectivity index (χ1v) is 8.66. The Kier molecular flexibility index (Phi) is 4.42. The van der Waals surface area contributed by atoms with E-state index in [1.165, 1.54) is 0 Å². The Hall–Kier alpha value is -3.11. The fourth-order valence-electron chi connectivity index (χ4n) is 2.86. The molecular weight excluding hydrogens is 346 g/mol. The zero-order chi connectivity index (χ0) is 17.9. The van der Waals surface area contributed by atoms with Crippen molar-refractivity contribution in [3.8, 4) is 5.69 Å². The van der Waals surface area contributed by atoms with Gasteiger partial charge in [0.15, 0.2) is 0 Å². The van der Waals surface area contributed by atoms with Crippen molar-refractivity contribution >= 4 is 28.5 Å². The minimum Gasteiger partial charge on any atom is -0.351 e. The second-order valence-electron chi connectivity index (χ2n) is 5.91. The SMILES string of the molecule is O=c1c2ccccc2nc(NCc2ccccc2)n1-c1ccc(Cl)cc1.